The van der Waals surface area contributed by atoms with Gasteiger partial charge in [-0.2, -0.15) is 0 Å². The summed E-state index contributed by atoms with van der Waals surface area (Å²) in [5.41, 5.74) is 0.465. The Hall–Kier alpha value is -1.40. The average molecular weight is 284 g/mol. The Kier molecular flexibility index (Phi) is 5.08. The van der Waals surface area contributed by atoms with Crippen LogP contribution in [0.15, 0.2) is 29.2 Å². The predicted octanol–water partition coefficient (Wildman–Crippen LogP) is 1.47. The predicted molar refractivity (Wildman–Crippen MR) is 74.5 cm³/mol. The molecule has 6 heteroatoms. The highest BCUT2D eigenvalue weighted by Gasteiger charge is 2.17. The highest BCUT2D eigenvalue weighted by Crippen LogP contribution is 2.12. The molecule has 0 aliphatic rings. The van der Waals surface area contributed by atoms with E-state index in [1.165, 1.54) is 29.2 Å². The van der Waals surface area contributed by atoms with Gasteiger partial charge in [-0.3, -0.25) is 4.79 Å². The number of hydrogen-bond acceptors (Lipinski definition) is 3. The van der Waals surface area contributed by atoms with Crippen molar-refractivity contribution in [1.82, 2.24) is 9.62 Å². The molecule has 106 valence electrons. The van der Waals surface area contributed by atoms with Crippen LogP contribution in [0.25, 0.3) is 0 Å². The van der Waals surface area contributed by atoms with Crippen molar-refractivity contribution in [1.29, 1.82) is 0 Å². The van der Waals surface area contributed by atoms with Gasteiger partial charge in [0.1, 0.15) is 0 Å². The van der Waals surface area contributed by atoms with Gasteiger partial charge in [-0.25, -0.2) is 13.1 Å². The van der Waals surface area contributed by atoms with Crippen LogP contribution in [0.5, 0.6) is 0 Å². The van der Waals surface area contributed by atoms with E-state index in [1.807, 2.05) is 13.8 Å². The maximum Gasteiger partial charge on any atom is 0.253 e. The van der Waals surface area contributed by atoms with Gasteiger partial charge in [-0.1, -0.05) is 6.92 Å². The lowest BCUT2D eigenvalue weighted by Crippen LogP contribution is -2.32. The molecule has 0 aliphatic carbocycles. The van der Waals surface area contributed by atoms with E-state index in [1.54, 1.807) is 14.1 Å². The number of sulfonamides is 1. The second-order valence-corrected chi connectivity index (χ2v) is 6.37. The highest BCUT2D eigenvalue weighted by molar-refractivity contribution is 7.89. The Bertz CT molecular complexity index is 536. The maximum atomic E-state index is 12.0. The summed E-state index contributed by atoms with van der Waals surface area (Å²) in [6, 6.07) is 5.82. The van der Waals surface area contributed by atoms with Gasteiger partial charge >= 0.3 is 0 Å². The monoisotopic (exact) mass is 284 g/mol. The lowest BCUT2D eigenvalue weighted by Gasteiger charge is -2.13. The number of benzene rings is 1. The molecule has 0 fully saturated rings. The van der Waals surface area contributed by atoms with Crippen LogP contribution >= 0.6 is 0 Å². The van der Waals surface area contributed by atoms with Crippen molar-refractivity contribution < 1.29 is 13.2 Å². The molecule has 1 N–H and O–H groups in total. The fourth-order valence-corrected chi connectivity index (χ4v) is 2.78. The third kappa shape index (κ3) is 4.04. The molecule has 1 rings (SSSR count). The first kappa shape index (κ1) is 15.7. The Morgan fingerprint density at radius 2 is 1.79 bits per heavy atom. The zero-order valence-electron chi connectivity index (χ0n) is 11.7. The molecule has 0 radical (unpaired) electrons. The van der Waals surface area contributed by atoms with Crippen molar-refractivity contribution in [2.45, 2.75) is 31.2 Å². The minimum Gasteiger partial charge on any atom is -0.345 e. The highest BCUT2D eigenvalue weighted by atomic mass is 32.2. The number of amides is 1. The zero-order chi connectivity index (χ0) is 14.6. The number of nitrogens with one attached hydrogen (secondary N) is 1. The molecular formula is C13H20N2O3S. The summed E-state index contributed by atoms with van der Waals surface area (Å²) >= 11 is 0. The first-order valence-corrected chi connectivity index (χ1v) is 7.60. The van der Waals surface area contributed by atoms with Gasteiger partial charge in [-0.05, 0) is 37.6 Å². The van der Waals surface area contributed by atoms with E-state index in [2.05, 4.69) is 4.72 Å². The van der Waals surface area contributed by atoms with E-state index in [0.717, 1.165) is 6.42 Å². The van der Waals surface area contributed by atoms with E-state index in [-0.39, 0.29) is 16.8 Å². The second-order valence-electron chi connectivity index (χ2n) is 4.65. The fraction of sp³-hybridized carbons (Fsp3) is 0.462. The Labute approximate surface area is 114 Å². The zero-order valence-corrected chi connectivity index (χ0v) is 12.5. The standard InChI is InChI=1S/C13H20N2O3S/c1-5-10(2)14-19(17,18)12-8-6-11(7-9-12)13(16)15(3)4/h6-10,14H,5H2,1-4H3. The van der Waals surface area contributed by atoms with Gasteiger partial charge in [0.25, 0.3) is 5.91 Å². The van der Waals surface area contributed by atoms with Crippen LogP contribution in [-0.2, 0) is 10.0 Å². The van der Waals surface area contributed by atoms with Crippen LogP contribution in [0, 0.1) is 0 Å². The summed E-state index contributed by atoms with van der Waals surface area (Å²) in [5, 5.41) is 0. The Balaban J connectivity index is 2.96. The number of nitrogens with zero attached hydrogens (tertiary/aromatic N) is 1. The lowest BCUT2D eigenvalue weighted by molar-refractivity contribution is 0.0827. The molecule has 1 aromatic rings. The van der Waals surface area contributed by atoms with E-state index in [0.29, 0.717) is 5.56 Å². The largest absolute Gasteiger partial charge is 0.345 e. The van der Waals surface area contributed by atoms with E-state index >= 15 is 0 Å². The van der Waals surface area contributed by atoms with Crippen molar-refractivity contribution in [3.05, 3.63) is 29.8 Å². The van der Waals surface area contributed by atoms with Gasteiger partial charge in [0.15, 0.2) is 0 Å². The topological polar surface area (TPSA) is 66.5 Å². The molecular weight excluding hydrogens is 264 g/mol. The minimum absolute atomic E-state index is 0.118. The summed E-state index contributed by atoms with van der Waals surface area (Å²) in [6.07, 6.45) is 0.719. The molecule has 1 aromatic carbocycles. The second kappa shape index (κ2) is 6.16. The maximum absolute atomic E-state index is 12.0. The van der Waals surface area contributed by atoms with Crippen LogP contribution < -0.4 is 4.72 Å². The molecule has 0 saturated heterocycles. The van der Waals surface area contributed by atoms with Crippen molar-refractivity contribution in [3.63, 3.8) is 0 Å². The molecule has 1 unspecified atom stereocenters. The molecule has 0 spiro atoms. The van der Waals surface area contributed by atoms with Crippen molar-refractivity contribution >= 4 is 15.9 Å². The molecule has 1 atom stereocenters. The molecule has 0 heterocycles. The van der Waals surface area contributed by atoms with Gasteiger partial charge < -0.3 is 4.90 Å². The molecule has 0 aromatic heterocycles. The third-order valence-corrected chi connectivity index (χ3v) is 4.39. The molecule has 5 nitrogen and oxygen atoms in total. The molecule has 19 heavy (non-hydrogen) atoms. The van der Waals surface area contributed by atoms with Gasteiger partial charge in [0.2, 0.25) is 10.0 Å². The summed E-state index contributed by atoms with van der Waals surface area (Å²) in [5.74, 6) is -0.154. The average Bonchev–Trinajstić information content (AvgIpc) is 2.37. The smallest absolute Gasteiger partial charge is 0.253 e. The first-order valence-electron chi connectivity index (χ1n) is 6.12. The van der Waals surface area contributed by atoms with E-state index in [4.69, 9.17) is 0 Å². The number of rotatable bonds is 5. The molecule has 0 aliphatic heterocycles. The molecule has 1 amide bonds. The normalized spacial score (nSPS) is 13.1. The molecule has 0 saturated carbocycles. The van der Waals surface area contributed by atoms with Crippen LogP contribution in [0.2, 0.25) is 0 Å². The molecule has 0 bridgehead atoms. The number of carbonyl (C=O) groups excluding carboxylic acids is 1. The first-order chi connectivity index (χ1) is 8.77. The van der Waals surface area contributed by atoms with Gasteiger partial charge in [0, 0.05) is 25.7 Å². The Morgan fingerprint density at radius 1 is 1.26 bits per heavy atom. The quantitative estimate of drug-likeness (QED) is 0.890. The van der Waals surface area contributed by atoms with Gasteiger partial charge in [0.05, 0.1) is 4.90 Å². The summed E-state index contributed by atoms with van der Waals surface area (Å²) in [6.45, 7) is 3.72. The van der Waals surface area contributed by atoms with Gasteiger partial charge in [-0.15, -0.1) is 0 Å². The van der Waals surface area contributed by atoms with Crippen molar-refractivity contribution in [3.8, 4) is 0 Å². The van der Waals surface area contributed by atoms with Crippen molar-refractivity contribution in [2.75, 3.05) is 14.1 Å². The van der Waals surface area contributed by atoms with Crippen LogP contribution in [0.4, 0.5) is 0 Å². The number of hydrogen-bond donors (Lipinski definition) is 1. The minimum atomic E-state index is -3.51. The summed E-state index contributed by atoms with van der Waals surface area (Å²) in [4.78, 5) is 13.3. The van der Waals surface area contributed by atoms with Crippen molar-refractivity contribution in [2.24, 2.45) is 0 Å². The van der Waals surface area contributed by atoms with E-state index in [9.17, 15) is 13.2 Å². The van der Waals surface area contributed by atoms with E-state index < -0.39 is 10.0 Å². The third-order valence-electron chi connectivity index (χ3n) is 2.79. The van der Waals surface area contributed by atoms with Crippen LogP contribution in [-0.4, -0.2) is 39.4 Å². The fourth-order valence-electron chi connectivity index (χ4n) is 1.45. The summed E-state index contributed by atoms with van der Waals surface area (Å²) in [7, 11) is -0.209. The van der Waals surface area contributed by atoms with Crippen LogP contribution in [0.1, 0.15) is 30.6 Å². The number of carbonyl (C=O) groups is 1. The SMILES string of the molecule is CCC(C)NS(=O)(=O)c1ccc(C(=O)N(C)C)cc1. The Morgan fingerprint density at radius 3 is 2.21 bits per heavy atom. The van der Waals surface area contributed by atoms with Crippen LogP contribution in [0.3, 0.4) is 0 Å². The summed E-state index contributed by atoms with van der Waals surface area (Å²) < 4.78 is 26.6. The lowest BCUT2D eigenvalue weighted by atomic mass is 10.2.